The maximum absolute atomic E-state index is 10.7. The first kappa shape index (κ1) is 6.91. The first-order valence-electron chi connectivity index (χ1n) is 3.92. The van der Waals surface area contributed by atoms with E-state index >= 15 is 0 Å². The highest BCUT2D eigenvalue weighted by atomic mass is 16.6. The van der Waals surface area contributed by atoms with Gasteiger partial charge < -0.3 is 15.4 Å². The van der Waals surface area contributed by atoms with Crippen LogP contribution in [-0.4, -0.2) is 32.3 Å². The number of ether oxygens (including phenoxy) is 1. The fourth-order valence-corrected chi connectivity index (χ4v) is 1.72. The zero-order chi connectivity index (χ0) is 7.84. The lowest BCUT2D eigenvalue weighted by molar-refractivity contribution is 0.128. The summed E-state index contributed by atoms with van der Waals surface area (Å²) in [5.41, 5.74) is 0. The smallest absolute Gasteiger partial charge is 0.407 e. The van der Waals surface area contributed by atoms with Gasteiger partial charge in [-0.25, -0.2) is 4.79 Å². The molecule has 4 heteroatoms. The predicted molar refractivity (Wildman–Crippen MR) is 39.2 cm³/mol. The van der Waals surface area contributed by atoms with E-state index in [2.05, 4.69) is 10.6 Å². The highest BCUT2D eigenvalue weighted by Crippen LogP contribution is 2.44. The van der Waals surface area contributed by atoms with E-state index in [0.717, 1.165) is 13.1 Å². The van der Waals surface area contributed by atoms with E-state index in [4.69, 9.17) is 4.74 Å². The molecule has 4 nitrogen and oxygen atoms in total. The Hall–Kier alpha value is -0.770. The molecule has 0 aromatic rings. The first-order valence-corrected chi connectivity index (χ1v) is 3.92. The highest BCUT2D eigenvalue weighted by Gasteiger charge is 2.55. The van der Waals surface area contributed by atoms with Crippen molar-refractivity contribution in [1.82, 2.24) is 10.6 Å². The number of alkyl carbamates (subject to hydrolysis) is 1. The molecule has 1 saturated heterocycles. The molecule has 62 valence electrons. The average Bonchev–Trinajstić information content (AvgIpc) is 2.52. The van der Waals surface area contributed by atoms with Crippen molar-refractivity contribution in [3.05, 3.63) is 0 Å². The van der Waals surface area contributed by atoms with Crippen LogP contribution in [0.15, 0.2) is 0 Å². The Morgan fingerprint density at radius 3 is 2.73 bits per heavy atom. The Kier molecular flexibility index (Phi) is 1.49. The summed E-state index contributed by atoms with van der Waals surface area (Å²) in [5, 5.41) is 5.68. The second kappa shape index (κ2) is 2.37. The van der Waals surface area contributed by atoms with Gasteiger partial charge >= 0.3 is 6.09 Å². The van der Waals surface area contributed by atoms with Gasteiger partial charge in [-0.1, -0.05) is 0 Å². The van der Waals surface area contributed by atoms with Crippen LogP contribution in [0.3, 0.4) is 0 Å². The SMILES string of the molecule is CNC(=O)OC1C2CNCC21. The topological polar surface area (TPSA) is 50.4 Å². The van der Waals surface area contributed by atoms with E-state index in [9.17, 15) is 4.79 Å². The zero-order valence-corrected chi connectivity index (χ0v) is 6.46. The number of carbonyl (C=O) groups is 1. The van der Waals surface area contributed by atoms with Gasteiger partial charge in [0, 0.05) is 32.0 Å². The Labute approximate surface area is 65.3 Å². The molecule has 2 fully saturated rings. The van der Waals surface area contributed by atoms with Gasteiger partial charge in [-0.15, -0.1) is 0 Å². The van der Waals surface area contributed by atoms with E-state index in [1.807, 2.05) is 0 Å². The van der Waals surface area contributed by atoms with Crippen LogP contribution in [0.4, 0.5) is 4.79 Å². The number of fused-ring (bicyclic) bond motifs is 1. The molecule has 2 unspecified atom stereocenters. The third-order valence-corrected chi connectivity index (χ3v) is 2.46. The number of rotatable bonds is 1. The molecule has 2 rings (SSSR count). The van der Waals surface area contributed by atoms with Gasteiger partial charge in [0.05, 0.1) is 0 Å². The monoisotopic (exact) mass is 156 g/mol. The van der Waals surface area contributed by atoms with Crippen molar-refractivity contribution >= 4 is 6.09 Å². The van der Waals surface area contributed by atoms with Crippen LogP contribution in [0.5, 0.6) is 0 Å². The fourth-order valence-electron chi connectivity index (χ4n) is 1.72. The molecule has 0 aromatic heterocycles. The highest BCUT2D eigenvalue weighted by molar-refractivity contribution is 5.67. The van der Waals surface area contributed by atoms with Gasteiger partial charge in [-0.05, 0) is 0 Å². The first-order chi connectivity index (χ1) is 5.33. The van der Waals surface area contributed by atoms with Gasteiger partial charge in [-0.2, -0.15) is 0 Å². The summed E-state index contributed by atoms with van der Waals surface area (Å²) in [4.78, 5) is 10.7. The summed E-state index contributed by atoms with van der Waals surface area (Å²) >= 11 is 0. The van der Waals surface area contributed by atoms with Gasteiger partial charge in [0.2, 0.25) is 0 Å². The summed E-state index contributed by atoms with van der Waals surface area (Å²) in [6.07, 6.45) is -0.111. The molecule has 0 aromatic carbocycles. The minimum atomic E-state index is -0.301. The van der Waals surface area contributed by atoms with Crippen molar-refractivity contribution in [2.75, 3.05) is 20.1 Å². The number of nitrogens with one attached hydrogen (secondary N) is 2. The third-order valence-electron chi connectivity index (χ3n) is 2.46. The standard InChI is InChI=1S/C7H12N2O2/c1-8-7(10)11-6-4-2-9-3-5(4)6/h4-6,9H,2-3H2,1H3,(H,8,10). The quantitative estimate of drug-likeness (QED) is 0.541. The molecule has 1 aliphatic carbocycles. The lowest BCUT2D eigenvalue weighted by Gasteiger charge is -2.05. The van der Waals surface area contributed by atoms with Crippen LogP contribution in [-0.2, 0) is 4.74 Å². The van der Waals surface area contributed by atoms with Crippen molar-refractivity contribution in [2.24, 2.45) is 11.8 Å². The minimum absolute atomic E-state index is 0.191. The normalized spacial score (nSPS) is 39.5. The zero-order valence-electron chi connectivity index (χ0n) is 6.46. The van der Waals surface area contributed by atoms with Crippen LogP contribution in [0, 0.1) is 11.8 Å². The molecule has 2 aliphatic rings. The van der Waals surface area contributed by atoms with Gasteiger partial charge in [0.15, 0.2) is 0 Å². The summed E-state index contributed by atoms with van der Waals surface area (Å²) < 4.78 is 5.09. The Balaban J connectivity index is 1.79. The van der Waals surface area contributed by atoms with E-state index < -0.39 is 0 Å². The number of hydrogen-bond donors (Lipinski definition) is 2. The van der Waals surface area contributed by atoms with Crippen molar-refractivity contribution in [3.63, 3.8) is 0 Å². The van der Waals surface area contributed by atoms with Crippen molar-refractivity contribution in [1.29, 1.82) is 0 Å². The lowest BCUT2D eigenvalue weighted by Crippen LogP contribution is -2.25. The average molecular weight is 156 g/mol. The molecule has 1 saturated carbocycles. The summed E-state index contributed by atoms with van der Waals surface area (Å²) in [6.45, 7) is 2.01. The predicted octanol–water partition coefficient (Wildman–Crippen LogP) is -0.440. The summed E-state index contributed by atoms with van der Waals surface area (Å²) in [6, 6.07) is 0. The maximum Gasteiger partial charge on any atom is 0.407 e. The van der Waals surface area contributed by atoms with Crippen molar-refractivity contribution in [3.8, 4) is 0 Å². The second-order valence-corrected chi connectivity index (χ2v) is 3.11. The van der Waals surface area contributed by atoms with E-state index in [0.29, 0.717) is 11.8 Å². The molecule has 1 heterocycles. The molecule has 11 heavy (non-hydrogen) atoms. The maximum atomic E-state index is 10.7. The third kappa shape index (κ3) is 1.07. The van der Waals surface area contributed by atoms with Crippen LogP contribution in [0.2, 0.25) is 0 Å². The van der Waals surface area contributed by atoms with E-state index in [1.165, 1.54) is 0 Å². The number of carbonyl (C=O) groups excluding carboxylic acids is 1. The fraction of sp³-hybridized carbons (Fsp3) is 0.857. The van der Waals surface area contributed by atoms with Crippen molar-refractivity contribution < 1.29 is 9.53 Å². The number of amides is 1. The Morgan fingerprint density at radius 2 is 2.18 bits per heavy atom. The molecule has 0 radical (unpaired) electrons. The molecule has 2 atom stereocenters. The summed E-state index contributed by atoms with van der Waals surface area (Å²) in [7, 11) is 1.58. The Bertz CT molecular complexity index is 173. The Morgan fingerprint density at radius 1 is 1.55 bits per heavy atom. The van der Waals surface area contributed by atoms with Crippen molar-refractivity contribution in [2.45, 2.75) is 6.10 Å². The van der Waals surface area contributed by atoms with Gasteiger partial charge in [-0.3, -0.25) is 0 Å². The number of hydrogen-bond acceptors (Lipinski definition) is 3. The number of piperidine rings is 1. The molecule has 1 amide bonds. The molecule has 2 N–H and O–H groups in total. The van der Waals surface area contributed by atoms with Crippen LogP contribution in [0.25, 0.3) is 0 Å². The molecule has 0 bridgehead atoms. The molecular formula is C7H12N2O2. The van der Waals surface area contributed by atoms with E-state index in [1.54, 1.807) is 7.05 Å². The summed E-state index contributed by atoms with van der Waals surface area (Å²) in [5.74, 6) is 1.18. The molecular weight excluding hydrogens is 144 g/mol. The van der Waals surface area contributed by atoms with Crippen LogP contribution >= 0.6 is 0 Å². The van der Waals surface area contributed by atoms with Gasteiger partial charge in [0.25, 0.3) is 0 Å². The molecule has 0 spiro atoms. The van der Waals surface area contributed by atoms with E-state index in [-0.39, 0.29) is 12.2 Å². The second-order valence-electron chi connectivity index (χ2n) is 3.11. The van der Waals surface area contributed by atoms with Gasteiger partial charge in [0.1, 0.15) is 6.10 Å². The van der Waals surface area contributed by atoms with Crippen LogP contribution < -0.4 is 10.6 Å². The largest absolute Gasteiger partial charge is 0.446 e. The van der Waals surface area contributed by atoms with Crippen LogP contribution in [0.1, 0.15) is 0 Å². The lowest BCUT2D eigenvalue weighted by atomic mass is 10.4. The molecule has 1 aliphatic heterocycles. The minimum Gasteiger partial charge on any atom is -0.446 e.